The first-order chi connectivity index (χ1) is 10.0. The molecule has 4 aliphatic carbocycles. The number of fused-ring (bicyclic) bond motifs is 5. The molecule has 0 bridgehead atoms. The van der Waals surface area contributed by atoms with Gasteiger partial charge in [0.15, 0.2) is 5.76 Å². The van der Waals surface area contributed by atoms with Crippen molar-refractivity contribution in [3.8, 4) is 0 Å². The van der Waals surface area contributed by atoms with Gasteiger partial charge >= 0.3 is 0 Å². The van der Waals surface area contributed by atoms with E-state index in [-0.39, 0.29) is 17.0 Å². The van der Waals surface area contributed by atoms with Crippen LogP contribution in [0.3, 0.4) is 0 Å². The van der Waals surface area contributed by atoms with E-state index in [1.165, 1.54) is 0 Å². The van der Waals surface area contributed by atoms with Crippen molar-refractivity contribution < 1.29 is 14.7 Å². The summed E-state index contributed by atoms with van der Waals surface area (Å²) in [4.78, 5) is 24.0. The van der Waals surface area contributed by atoms with Crippen LogP contribution in [0.15, 0.2) is 35.1 Å². The van der Waals surface area contributed by atoms with Crippen molar-refractivity contribution in [1.29, 1.82) is 0 Å². The molecule has 4 aliphatic rings. The van der Waals surface area contributed by atoms with Crippen molar-refractivity contribution in [2.24, 2.45) is 23.2 Å². The molecule has 0 radical (unpaired) electrons. The molecule has 0 spiro atoms. The average Bonchev–Trinajstić information content (AvgIpc) is 2.76. The number of hydrogen-bond acceptors (Lipinski definition) is 3. The van der Waals surface area contributed by atoms with Gasteiger partial charge in [0.25, 0.3) is 0 Å². The van der Waals surface area contributed by atoms with Gasteiger partial charge in [0.05, 0.1) is 0 Å². The average molecular weight is 284 g/mol. The summed E-state index contributed by atoms with van der Waals surface area (Å²) in [6, 6.07) is 0. The van der Waals surface area contributed by atoms with Gasteiger partial charge in [-0.1, -0.05) is 13.0 Å². The fraction of sp³-hybridized carbons (Fsp3) is 0.556. The number of carbonyl (C=O) groups excluding carboxylic acids is 2. The normalized spacial score (nSPS) is 41.6. The summed E-state index contributed by atoms with van der Waals surface area (Å²) in [6.45, 7) is 2.15. The topological polar surface area (TPSA) is 54.4 Å². The van der Waals surface area contributed by atoms with Crippen LogP contribution < -0.4 is 0 Å². The lowest BCUT2D eigenvalue weighted by atomic mass is 9.55. The van der Waals surface area contributed by atoms with Crippen LogP contribution in [0.25, 0.3) is 0 Å². The van der Waals surface area contributed by atoms with Crippen LogP contribution in [0, 0.1) is 23.2 Å². The second-order valence-corrected chi connectivity index (χ2v) is 7.18. The molecule has 21 heavy (non-hydrogen) atoms. The van der Waals surface area contributed by atoms with Crippen LogP contribution in [0.1, 0.15) is 39.0 Å². The summed E-state index contributed by atoms with van der Waals surface area (Å²) in [5, 5.41) is 9.62. The van der Waals surface area contributed by atoms with Crippen molar-refractivity contribution in [2.75, 3.05) is 0 Å². The van der Waals surface area contributed by atoms with Crippen molar-refractivity contribution in [2.45, 2.75) is 39.0 Å². The minimum Gasteiger partial charge on any atom is -0.504 e. The maximum absolute atomic E-state index is 12.3. The molecular weight excluding hydrogens is 264 g/mol. The number of carbonyl (C=O) groups is 2. The number of aliphatic hydroxyl groups is 1. The molecule has 4 atom stereocenters. The second-order valence-electron chi connectivity index (χ2n) is 7.18. The molecule has 2 fully saturated rings. The largest absolute Gasteiger partial charge is 0.504 e. The van der Waals surface area contributed by atoms with E-state index in [4.69, 9.17) is 0 Å². The van der Waals surface area contributed by atoms with Crippen LogP contribution in [-0.4, -0.2) is 16.7 Å². The van der Waals surface area contributed by atoms with Crippen molar-refractivity contribution in [1.82, 2.24) is 0 Å². The third kappa shape index (κ3) is 1.66. The van der Waals surface area contributed by atoms with E-state index in [1.807, 2.05) is 0 Å². The molecule has 0 saturated heterocycles. The molecule has 0 aromatic heterocycles. The molecule has 0 aliphatic heterocycles. The van der Waals surface area contributed by atoms with Gasteiger partial charge in [-0.15, -0.1) is 0 Å². The fourth-order valence-electron chi connectivity index (χ4n) is 5.13. The van der Waals surface area contributed by atoms with Crippen molar-refractivity contribution >= 4 is 11.6 Å². The number of Topliss-reactive ketones (excluding diaryl/α,β-unsaturated/α-hetero) is 1. The van der Waals surface area contributed by atoms with Crippen molar-refractivity contribution in [3.63, 3.8) is 0 Å². The first-order valence-corrected chi connectivity index (χ1v) is 7.91. The Morgan fingerprint density at radius 1 is 1.24 bits per heavy atom. The molecule has 2 saturated carbocycles. The van der Waals surface area contributed by atoms with Crippen LogP contribution in [0.5, 0.6) is 0 Å². The fourth-order valence-corrected chi connectivity index (χ4v) is 5.13. The Balaban J connectivity index is 1.74. The summed E-state index contributed by atoms with van der Waals surface area (Å²) < 4.78 is 0. The zero-order chi connectivity index (χ0) is 14.8. The van der Waals surface area contributed by atoms with E-state index >= 15 is 0 Å². The Labute approximate surface area is 124 Å². The minimum absolute atomic E-state index is 0.135. The SMILES string of the molecule is C[C@]12CC[C@@H]3C4=CC(=O)C(O)=CC4=CC[C@H]3[C@@H]1CCC2=O. The zero-order valence-electron chi connectivity index (χ0n) is 12.3. The lowest BCUT2D eigenvalue weighted by Gasteiger charge is -2.48. The molecule has 3 nitrogen and oxygen atoms in total. The van der Waals surface area contributed by atoms with E-state index in [1.54, 1.807) is 12.2 Å². The quantitative estimate of drug-likeness (QED) is 0.742. The summed E-state index contributed by atoms with van der Waals surface area (Å²) >= 11 is 0. The Hall–Kier alpha value is -1.64. The predicted octanol–water partition coefficient (Wildman–Crippen LogP) is 3.28. The van der Waals surface area contributed by atoms with E-state index < -0.39 is 0 Å². The second kappa shape index (κ2) is 4.19. The molecule has 0 unspecified atom stereocenters. The van der Waals surface area contributed by atoms with Crippen LogP contribution in [0.4, 0.5) is 0 Å². The van der Waals surface area contributed by atoms with Gasteiger partial charge in [0.2, 0.25) is 5.78 Å². The highest BCUT2D eigenvalue weighted by Gasteiger charge is 2.54. The van der Waals surface area contributed by atoms with Gasteiger partial charge in [-0.2, -0.15) is 0 Å². The number of aliphatic hydroxyl groups excluding tert-OH is 1. The monoisotopic (exact) mass is 284 g/mol. The van der Waals surface area contributed by atoms with Gasteiger partial charge < -0.3 is 5.11 Å². The summed E-state index contributed by atoms with van der Waals surface area (Å²) in [6.07, 6.45) is 9.98. The van der Waals surface area contributed by atoms with E-state index in [0.717, 1.165) is 43.3 Å². The van der Waals surface area contributed by atoms with Gasteiger partial charge in [-0.25, -0.2) is 0 Å². The Kier molecular flexibility index (Phi) is 2.60. The Morgan fingerprint density at radius 2 is 2.05 bits per heavy atom. The zero-order valence-corrected chi connectivity index (χ0v) is 12.3. The highest BCUT2D eigenvalue weighted by molar-refractivity contribution is 6.05. The highest BCUT2D eigenvalue weighted by Crippen LogP contribution is 2.58. The first kappa shape index (κ1) is 13.1. The minimum atomic E-state index is -0.279. The van der Waals surface area contributed by atoms with Gasteiger partial charge in [-0.3, -0.25) is 9.59 Å². The molecule has 0 heterocycles. The van der Waals surface area contributed by atoms with Crippen LogP contribution in [-0.2, 0) is 9.59 Å². The van der Waals surface area contributed by atoms with Gasteiger partial charge in [-0.05, 0) is 66.7 Å². The van der Waals surface area contributed by atoms with Crippen LogP contribution >= 0.6 is 0 Å². The summed E-state index contributed by atoms with van der Waals surface area (Å²) in [5.41, 5.74) is 1.97. The molecule has 0 aromatic carbocycles. The number of rotatable bonds is 0. The van der Waals surface area contributed by atoms with E-state index in [9.17, 15) is 14.7 Å². The molecule has 4 rings (SSSR count). The van der Waals surface area contributed by atoms with Crippen molar-refractivity contribution in [3.05, 3.63) is 35.1 Å². The molecular formula is C18H20O3. The van der Waals surface area contributed by atoms with Gasteiger partial charge in [0, 0.05) is 11.8 Å². The number of hydrogen-bond donors (Lipinski definition) is 1. The van der Waals surface area contributed by atoms with Crippen LogP contribution in [0.2, 0.25) is 0 Å². The maximum Gasteiger partial charge on any atom is 0.220 e. The smallest absolute Gasteiger partial charge is 0.220 e. The molecule has 110 valence electrons. The standard InChI is InChI=1S/C18H20O3/c1-18-7-6-11-12(14(18)4-5-17(18)21)3-2-10-8-15(19)16(20)9-13(10)11/h2,8-9,11-12,14,19H,3-7H2,1H3/t11-,12+,14-,18-/m0/s1. The lowest BCUT2D eigenvalue weighted by molar-refractivity contribution is -0.129. The predicted molar refractivity (Wildman–Crippen MR) is 78.6 cm³/mol. The molecule has 0 amide bonds. The Bertz CT molecular complexity index is 637. The number of allylic oxidation sites excluding steroid dienone is 5. The third-order valence-corrected chi connectivity index (χ3v) is 6.32. The maximum atomic E-state index is 12.3. The van der Waals surface area contributed by atoms with E-state index in [0.29, 0.717) is 23.5 Å². The van der Waals surface area contributed by atoms with E-state index in [2.05, 4.69) is 13.0 Å². The lowest BCUT2D eigenvalue weighted by Crippen LogP contribution is -2.43. The third-order valence-electron chi connectivity index (χ3n) is 6.32. The molecule has 1 N–H and O–H groups in total. The summed E-state index contributed by atoms with van der Waals surface area (Å²) in [7, 11) is 0. The number of ketones is 2. The molecule has 3 heteroatoms. The Morgan fingerprint density at radius 3 is 2.86 bits per heavy atom. The first-order valence-electron chi connectivity index (χ1n) is 7.91. The summed E-state index contributed by atoms with van der Waals surface area (Å²) in [5.74, 6) is 1.32. The molecule has 0 aromatic rings. The van der Waals surface area contributed by atoms with Gasteiger partial charge in [0.1, 0.15) is 5.78 Å². The highest BCUT2D eigenvalue weighted by atomic mass is 16.3.